The van der Waals surface area contributed by atoms with Crippen molar-refractivity contribution < 1.29 is 4.79 Å². The van der Waals surface area contributed by atoms with Crippen LogP contribution >= 0.6 is 0 Å². The molecule has 1 saturated heterocycles. The number of fused-ring (bicyclic) bond motifs is 1. The van der Waals surface area contributed by atoms with Crippen LogP contribution in [-0.2, 0) is 11.3 Å². The second-order valence-electron chi connectivity index (χ2n) is 7.92. The lowest BCUT2D eigenvalue weighted by molar-refractivity contribution is -0.130. The van der Waals surface area contributed by atoms with E-state index in [1.54, 1.807) is 6.92 Å². The Balaban J connectivity index is 1.26. The van der Waals surface area contributed by atoms with Crippen molar-refractivity contribution in [1.29, 1.82) is 0 Å². The van der Waals surface area contributed by atoms with Gasteiger partial charge in [0.2, 0.25) is 5.91 Å². The SMILES string of the molecule is CC(=O)N1CCN(Cc2ccnc(Nc3cn4cc(C5=CCN=C5)ccc4n3)c2)CC1. The molecule has 3 aromatic rings. The fourth-order valence-corrected chi connectivity index (χ4v) is 4.02. The van der Waals surface area contributed by atoms with Crippen molar-refractivity contribution >= 4 is 35.0 Å². The van der Waals surface area contributed by atoms with Gasteiger partial charge in [-0.25, -0.2) is 9.97 Å². The first-order valence-electron chi connectivity index (χ1n) is 10.5. The van der Waals surface area contributed by atoms with E-state index in [1.165, 1.54) is 5.56 Å². The van der Waals surface area contributed by atoms with Crippen LogP contribution < -0.4 is 5.32 Å². The van der Waals surface area contributed by atoms with Gasteiger partial charge in [0.25, 0.3) is 0 Å². The quantitative estimate of drug-likeness (QED) is 0.693. The number of aliphatic imine (C=N–C) groups is 1. The predicted molar refractivity (Wildman–Crippen MR) is 122 cm³/mol. The lowest BCUT2D eigenvalue weighted by Gasteiger charge is -2.34. The van der Waals surface area contributed by atoms with Gasteiger partial charge in [-0.3, -0.25) is 14.7 Å². The van der Waals surface area contributed by atoms with Gasteiger partial charge in [0, 0.05) is 58.3 Å². The zero-order valence-electron chi connectivity index (χ0n) is 17.5. The number of pyridine rings is 2. The number of carbonyl (C=O) groups excluding carboxylic acids is 1. The molecule has 8 heteroatoms. The number of anilines is 2. The van der Waals surface area contributed by atoms with Crippen molar-refractivity contribution in [2.45, 2.75) is 13.5 Å². The van der Waals surface area contributed by atoms with Crippen LogP contribution in [0.2, 0.25) is 0 Å². The maximum absolute atomic E-state index is 11.5. The van der Waals surface area contributed by atoms with E-state index < -0.39 is 0 Å². The average Bonchev–Trinajstić information content (AvgIpc) is 3.43. The number of amides is 1. The molecule has 1 N–H and O–H groups in total. The minimum atomic E-state index is 0.155. The summed E-state index contributed by atoms with van der Waals surface area (Å²) >= 11 is 0. The Labute approximate surface area is 180 Å². The fraction of sp³-hybridized carbons (Fsp3) is 0.304. The summed E-state index contributed by atoms with van der Waals surface area (Å²) in [6.45, 7) is 6.58. The van der Waals surface area contributed by atoms with Gasteiger partial charge in [-0.1, -0.05) is 6.08 Å². The van der Waals surface area contributed by atoms with E-state index in [4.69, 9.17) is 0 Å². The normalized spacial score (nSPS) is 16.7. The molecule has 0 spiro atoms. The Bertz CT molecular complexity index is 1170. The highest BCUT2D eigenvalue weighted by atomic mass is 16.2. The highest BCUT2D eigenvalue weighted by molar-refractivity contribution is 6.11. The summed E-state index contributed by atoms with van der Waals surface area (Å²) in [7, 11) is 0. The highest BCUT2D eigenvalue weighted by Crippen LogP contribution is 2.20. The minimum absolute atomic E-state index is 0.155. The first-order chi connectivity index (χ1) is 15.1. The number of aromatic nitrogens is 3. The second kappa shape index (κ2) is 8.31. The zero-order chi connectivity index (χ0) is 21.2. The van der Waals surface area contributed by atoms with E-state index in [9.17, 15) is 4.79 Å². The van der Waals surface area contributed by atoms with Crippen molar-refractivity contribution in [3.05, 3.63) is 60.1 Å². The van der Waals surface area contributed by atoms with Gasteiger partial charge in [0.05, 0.1) is 12.7 Å². The molecule has 0 saturated carbocycles. The number of rotatable bonds is 5. The van der Waals surface area contributed by atoms with Crippen LogP contribution in [-0.4, -0.2) is 69.0 Å². The monoisotopic (exact) mass is 415 g/mol. The summed E-state index contributed by atoms with van der Waals surface area (Å²) in [5.41, 5.74) is 4.33. The smallest absolute Gasteiger partial charge is 0.219 e. The number of hydrogen-bond acceptors (Lipinski definition) is 6. The van der Waals surface area contributed by atoms with Gasteiger partial charge in [-0.15, -0.1) is 0 Å². The Morgan fingerprint density at radius 3 is 2.74 bits per heavy atom. The number of hydrogen-bond donors (Lipinski definition) is 1. The van der Waals surface area contributed by atoms with Crippen LogP contribution in [0.15, 0.2) is 53.9 Å². The zero-order valence-corrected chi connectivity index (χ0v) is 17.5. The number of nitrogens with one attached hydrogen (secondary N) is 1. The van der Waals surface area contributed by atoms with Crippen molar-refractivity contribution in [1.82, 2.24) is 24.2 Å². The molecule has 3 aromatic heterocycles. The van der Waals surface area contributed by atoms with Crippen LogP contribution in [0.3, 0.4) is 0 Å². The molecule has 0 radical (unpaired) electrons. The van der Waals surface area contributed by atoms with E-state index in [0.717, 1.165) is 67.7 Å². The molecule has 158 valence electrons. The molecule has 1 amide bonds. The largest absolute Gasteiger partial charge is 0.340 e. The maximum atomic E-state index is 11.5. The van der Waals surface area contributed by atoms with Gasteiger partial charge in [0.15, 0.2) is 5.82 Å². The van der Waals surface area contributed by atoms with E-state index in [-0.39, 0.29) is 5.91 Å². The van der Waals surface area contributed by atoms with Crippen LogP contribution in [0.25, 0.3) is 11.2 Å². The first-order valence-corrected chi connectivity index (χ1v) is 10.5. The lowest BCUT2D eigenvalue weighted by atomic mass is 10.1. The number of imidazole rings is 1. The molecule has 0 atom stereocenters. The molecule has 0 bridgehead atoms. The molecular weight excluding hydrogens is 390 g/mol. The summed E-state index contributed by atoms with van der Waals surface area (Å²) in [6, 6.07) is 8.18. The molecule has 2 aliphatic heterocycles. The third-order valence-corrected chi connectivity index (χ3v) is 5.74. The average molecular weight is 416 g/mol. The molecule has 0 aliphatic carbocycles. The van der Waals surface area contributed by atoms with Crippen LogP contribution in [0.5, 0.6) is 0 Å². The Morgan fingerprint density at radius 1 is 1.10 bits per heavy atom. The number of piperazine rings is 1. The number of nitrogens with zero attached hydrogens (tertiary/aromatic N) is 6. The highest BCUT2D eigenvalue weighted by Gasteiger charge is 2.18. The summed E-state index contributed by atoms with van der Waals surface area (Å²) in [5, 5.41) is 3.33. The Morgan fingerprint density at radius 2 is 1.97 bits per heavy atom. The topological polar surface area (TPSA) is 78.1 Å². The van der Waals surface area contributed by atoms with Gasteiger partial charge < -0.3 is 14.6 Å². The third-order valence-electron chi connectivity index (χ3n) is 5.74. The number of carbonyl (C=O) groups is 1. The van der Waals surface area contributed by atoms with Crippen LogP contribution in [0.1, 0.15) is 18.1 Å². The van der Waals surface area contributed by atoms with Crippen LogP contribution in [0, 0.1) is 0 Å². The lowest BCUT2D eigenvalue weighted by Crippen LogP contribution is -2.47. The van der Waals surface area contributed by atoms with E-state index in [1.807, 2.05) is 40.0 Å². The molecule has 0 unspecified atom stereocenters. The standard InChI is InChI=1S/C23H25N7O/c1-17(31)29-10-8-28(9-11-29)14-18-4-7-25-21(12-18)26-22-16-30-15-20(2-3-23(30)27-22)19-5-6-24-13-19/h2-5,7,12-13,15-16H,6,8-11,14H2,1H3,(H,25,26). The summed E-state index contributed by atoms with van der Waals surface area (Å²) in [5.74, 6) is 1.68. The third kappa shape index (κ3) is 4.34. The van der Waals surface area contributed by atoms with Crippen molar-refractivity contribution in [2.24, 2.45) is 4.99 Å². The summed E-state index contributed by atoms with van der Waals surface area (Å²) in [6.07, 6.45) is 9.89. The van der Waals surface area contributed by atoms with E-state index in [2.05, 4.69) is 49.6 Å². The van der Waals surface area contributed by atoms with Gasteiger partial charge in [0.1, 0.15) is 11.5 Å². The molecule has 31 heavy (non-hydrogen) atoms. The molecule has 5 rings (SSSR count). The molecule has 8 nitrogen and oxygen atoms in total. The molecule has 0 aromatic carbocycles. The predicted octanol–water partition coefficient (Wildman–Crippen LogP) is 2.60. The molecule has 1 fully saturated rings. The van der Waals surface area contributed by atoms with Crippen molar-refractivity contribution in [3.63, 3.8) is 0 Å². The minimum Gasteiger partial charge on any atom is -0.340 e. The van der Waals surface area contributed by atoms with E-state index >= 15 is 0 Å². The Kier molecular flexibility index (Phi) is 5.21. The summed E-state index contributed by atoms with van der Waals surface area (Å²) in [4.78, 5) is 29.1. The van der Waals surface area contributed by atoms with Crippen molar-refractivity contribution in [3.8, 4) is 0 Å². The second-order valence-corrected chi connectivity index (χ2v) is 7.92. The van der Waals surface area contributed by atoms with Crippen molar-refractivity contribution in [2.75, 3.05) is 38.0 Å². The summed E-state index contributed by atoms with van der Waals surface area (Å²) < 4.78 is 2.02. The van der Waals surface area contributed by atoms with Gasteiger partial charge in [-0.2, -0.15) is 0 Å². The number of allylic oxidation sites excluding steroid dienone is 1. The maximum Gasteiger partial charge on any atom is 0.219 e. The molecule has 5 heterocycles. The van der Waals surface area contributed by atoms with Crippen LogP contribution in [0.4, 0.5) is 11.6 Å². The molecular formula is C23H25N7O. The molecule has 2 aliphatic rings. The Hall–Kier alpha value is -3.52. The first kappa shape index (κ1) is 19.4. The van der Waals surface area contributed by atoms with E-state index in [0.29, 0.717) is 0 Å². The fourth-order valence-electron chi connectivity index (χ4n) is 4.02. The van der Waals surface area contributed by atoms with Gasteiger partial charge in [-0.05, 0) is 41.0 Å². The van der Waals surface area contributed by atoms with Gasteiger partial charge >= 0.3 is 0 Å².